The predicted octanol–water partition coefficient (Wildman–Crippen LogP) is 3.50. The van der Waals surface area contributed by atoms with Gasteiger partial charge in [0.05, 0.1) is 23.4 Å². The molecule has 1 aromatic heterocycles. The fourth-order valence-electron chi connectivity index (χ4n) is 1.27. The molecule has 0 unspecified atom stereocenters. The first-order valence-electron chi connectivity index (χ1n) is 5.48. The van der Waals surface area contributed by atoms with E-state index in [2.05, 4.69) is 35.1 Å². The van der Waals surface area contributed by atoms with Gasteiger partial charge in [0.2, 0.25) is 0 Å². The van der Waals surface area contributed by atoms with Gasteiger partial charge < -0.3 is 0 Å². The van der Waals surface area contributed by atoms with Gasteiger partial charge in [-0.25, -0.2) is 9.38 Å². The maximum absolute atomic E-state index is 4.47. The van der Waals surface area contributed by atoms with Crippen LogP contribution in [0.25, 0.3) is 11.0 Å². The second kappa shape index (κ2) is 4.84. The van der Waals surface area contributed by atoms with E-state index in [1.807, 2.05) is 24.3 Å². The van der Waals surface area contributed by atoms with Gasteiger partial charge in [0.25, 0.3) is 0 Å². The van der Waals surface area contributed by atoms with E-state index < -0.39 is 0 Å². The normalized spacial score (nSPS) is 12.4. The molecular weight excluding hydrogens is 230 g/mol. The van der Waals surface area contributed by atoms with Crippen molar-refractivity contribution in [1.29, 1.82) is 0 Å². The van der Waals surface area contributed by atoms with E-state index in [-0.39, 0.29) is 4.75 Å². The zero-order chi connectivity index (χ0) is 12.3. The van der Waals surface area contributed by atoms with Crippen molar-refractivity contribution in [3.63, 3.8) is 0 Å². The number of nitrogens with zero attached hydrogens (tertiary/aromatic N) is 3. The molecular formula is C13H15N3S. The molecule has 17 heavy (non-hydrogen) atoms. The van der Waals surface area contributed by atoms with Gasteiger partial charge in [0.15, 0.2) is 0 Å². The molecule has 0 aliphatic rings. The molecule has 88 valence electrons. The Morgan fingerprint density at radius 2 is 1.88 bits per heavy atom. The van der Waals surface area contributed by atoms with E-state index in [0.29, 0.717) is 0 Å². The van der Waals surface area contributed by atoms with Crippen molar-refractivity contribution in [3.8, 4) is 0 Å². The molecule has 0 aliphatic heterocycles. The lowest BCUT2D eigenvalue weighted by Gasteiger charge is -2.11. The number of hydrogen-bond donors (Lipinski definition) is 0. The molecule has 2 aromatic rings. The van der Waals surface area contributed by atoms with Crippen LogP contribution in [-0.4, -0.2) is 20.9 Å². The topological polar surface area (TPSA) is 38.1 Å². The first kappa shape index (κ1) is 12.0. The Kier molecular flexibility index (Phi) is 3.43. The van der Waals surface area contributed by atoms with Crippen LogP contribution >= 0.6 is 11.9 Å². The quantitative estimate of drug-likeness (QED) is 0.600. The maximum Gasteiger partial charge on any atom is 0.101 e. The number of aromatic nitrogens is 2. The molecule has 0 saturated heterocycles. The highest BCUT2D eigenvalue weighted by atomic mass is 32.2. The third-order valence-electron chi connectivity index (χ3n) is 1.98. The molecule has 0 aliphatic carbocycles. The van der Waals surface area contributed by atoms with Crippen LogP contribution in [0.15, 0.2) is 34.9 Å². The van der Waals surface area contributed by atoms with E-state index in [4.69, 9.17) is 0 Å². The fourth-order valence-corrected chi connectivity index (χ4v) is 1.75. The second-order valence-corrected chi connectivity index (χ2v) is 6.34. The van der Waals surface area contributed by atoms with Gasteiger partial charge in [0.1, 0.15) is 5.69 Å². The third-order valence-corrected chi connectivity index (χ3v) is 2.74. The Labute approximate surface area is 106 Å². The summed E-state index contributed by atoms with van der Waals surface area (Å²) in [7, 11) is 0. The molecule has 0 atom stereocenters. The maximum atomic E-state index is 4.47. The van der Waals surface area contributed by atoms with Crippen molar-refractivity contribution < 1.29 is 0 Å². The average molecular weight is 245 g/mol. The monoisotopic (exact) mass is 245 g/mol. The number of rotatable bonds is 2. The van der Waals surface area contributed by atoms with Gasteiger partial charge in [-0.05, 0) is 44.9 Å². The van der Waals surface area contributed by atoms with Gasteiger partial charge in [-0.3, -0.25) is 4.98 Å². The summed E-state index contributed by atoms with van der Waals surface area (Å²) in [5.41, 5.74) is 2.60. The Morgan fingerprint density at radius 3 is 2.59 bits per heavy atom. The molecule has 0 bridgehead atoms. The van der Waals surface area contributed by atoms with Crippen molar-refractivity contribution >= 4 is 29.2 Å². The van der Waals surface area contributed by atoms with Crippen LogP contribution in [0.5, 0.6) is 0 Å². The third kappa shape index (κ3) is 3.53. The lowest BCUT2D eigenvalue weighted by Crippen LogP contribution is -2.05. The second-order valence-electron chi connectivity index (χ2n) is 4.72. The van der Waals surface area contributed by atoms with Crippen LogP contribution in [0, 0.1) is 0 Å². The van der Waals surface area contributed by atoms with Gasteiger partial charge in [0, 0.05) is 4.75 Å². The average Bonchev–Trinajstić information content (AvgIpc) is 2.27. The van der Waals surface area contributed by atoms with Crippen LogP contribution in [0.2, 0.25) is 0 Å². The van der Waals surface area contributed by atoms with Crippen molar-refractivity contribution in [1.82, 2.24) is 9.97 Å². The van der Waals surface area contributed by atoms with Crippen molar-refractivity contribution in [3.05, 3.63) is 36.2 Å². The largest absolute Gasteiger partial charge is 0.252 e. The lowest BCUT2D eigenvalue weighted by atomic mass is 10.3. The predicted molar refractivity (Wildman–Crippen MR) is 74.5 cm³/mol. The zero-order valence-electron chi connectivity index (χ0n) is 10.2. The van der Waals surface area contributed by atoms with Crippen LogP contribution in [0.4, 0.5) is 0 Å². The molecule has 1 heterocycles. The summed E-state index contributed by atoms with van der Waals surface area (Å²) in [4.78, 5) is 8.80. The SMILES string of the molecule is CC(C)(C)S/N=C/c1cnc2ccccc2n1. The molecule has 0 saturated carbocycles. The van der Waals surface area contributed by atoms with Crippen LogP contribution in [0.1, 0.15) is 26.5 Å². The minimum Gasteiger partial charge on any atom is -0.252 e. The summed E-state index contributed by atoms with van der Waals surface area (Å²) in [6.45, 7) is 6.38. The van der Waals surface area contributed by atoms with Crippen LogP contribution in [-0.2, 0) is 0 Å². The number of fused-ring (bicyclic) bond motifs is 1. The summed E-state index contributed by atoms with van der Waals surface area (Å²) in [6, 6.07) is 7.83. The van der Waals surface area contributed by atoms with Crippen molar-refractivity contribution in [2.45, 2.75) is 25.5 Å². The van der Waals surface area contributed by atoms with E-state index in [1.165, 1.54) is 11.9 Å². The standard InChI is InChI=1S/C13H15N3S/c1-13(2,3)17-15-9-10-8-14-11-6-4-5-7-12(11)16-10/h4-9H,1-3H3/b15-9+. The Bertz CT molecular complexity index is 544. The summed E-state index contributed by atoms with van der Waals surface area (Å²) in [6.07, 6.45) is 3.50. The van der Waals surface area contributed by atoms with Gasteiger partial charge in [-0.2, -0.15) is 0 Å². The minimum atomic E-state index is 0.126. The molecule has 0 N–H and O–H groups in total. The lowest BCUT2D eigenvalue weighted by molar-refractivity contribution is 0.804. The number of hydrogen-bond acceptors (Lipinski definition) is 4. The van der Waals surface area contributed by atoms with Gasteiger partial charge in [-0.15, -0.1) is 0 Å². The molecule has 4 heteroatoms. The summed E-state index contributed by atoms with van der Waals surface area (Å²) < 4.78 is 4.43. The number of para-hydroxylation sites is 2. The summed E-state index contributed by atoms with van der Waals surface area (Å²) >= 11 is 1.54. The highest BCUT2D eigenvalue weighted by Crippen LogP contribution is 2.23. The molecule has 0 spiro atoms. The number of benzene rings is 1. The fraction of sp³-hybridized carbons (Fsp3) is 0.308. The minimum absolute atomic E-state index is 0.126. The molecule has 2 rings (SSSR count). The van der Waals surface area contributed by atoms with E-state index in [9.17, 15) is 0 Å². The summed E-state index contributed by atoms with van der Waals surface area (Å²) in [5.74, 6) is 0. The van der Waals surface area contributed by atoms with E-state index in [0.717, 1.165) is 16.7 Å². The van der Waals surface area contributed by atoms with Gasteiger partial charge >= 0.3 is 0 Å². The van der Waals surface area contributed by atoms with Crippen molar-refractivity contribution in [2.24, 2.45) is 4.40 Å². The van der Waals surface area contributed by atoms with Gasteiger partial charge in [-0.1, -0.05) is 12.1 Å². The van der Waals surface area contributed by atoms with E-state index in [1.54, 1.807) is 12.4 Å². The molecule has 0 fully saturated rings. The first-order valence-corrected chi connectivity index (χ1v) is 6.25. The Morgan fingerprint density at radius 1 is 1.18 bits per heavy atom. The molecule has 0 amide bonds. The molecule has 0 radical (unpaired) electrons. The highest BCUT2D eigenvalue weighted by molar-refractivity contribution is 7.99. The van der Waals surface area contributed by atoms with Crippen LogP contribution < -0.4 is 0 Å². The van der Waals surface area contributed by atoms with E-state index >= 15 is 0 Å². The van der Waals surface area contributed by atoms with Crippen LogP contribution in [0.3, 0.4) is 0 Å². The highest BCUT2D eigenvalue weighted by Gasteiger charge is 2.09. The first-order chi connectivity index (χ1) is 8.04. The Balaban J connectivity index is 2.20. The molecule has 3 nitrogen and oxygen atoms in total. The molecule has 1 aromatic carbocycles. The Hall–Kier alpha value is -1.42. The zero-order valence-corrected chi connectivity index (χ0v) is 11.0. The summed E-state index contributed by atoms with van der Waals surface area (Å²) in [5, 5.41) is 0. The smallest absolute Gasteiger partial charge is 0.101 e. The van der Waals surface area contributed by atoms with Crippen molar-refractivity contribution in [2.75, 3.05) is 0 Å².